The zero-order valence-electron chi connectivity index (χ0n) is 9.02. The van der Waals surface area contributed by atoms with Crippen LogP contribution >= 0.6 is 15.9 Å². The van der Waals surface area contributed by atoms with Crippen LogP contribution in [0.2, 0.25) is 0 Å². The Kier molecular flexibility index (Phi) is 5.11. The van der Waals surface area contributed by atoms with Crippen LogP contribution in [0.4, 0.5) is 5.69 Å². The Morgan fingerprint density at radius 2 is 2.35 bits per heavy atom. The molecule has 0 bridgehead atoms. The number of aromatic nitrogens is 2. The molecule has 0 aromatic carbocycles. The fourth-order valence-electron chi connectivity index (χ4n) is 1.16. The summed E-state index contributed by atoms with van der Waals surface area (Å²) in [5.74, 6) is -0.421. The van der Waals surface area contributed by atoms with Gasteiger partial charge < -0.3 is 16.2 Å². The van der Waals surface area contributed by atoms with Gasteiger partial charge in [0.15, 0.2) is 0 Å². The molecule has 0 aliphatic heterocycles. The lowest BCUT2D eigenvalue weighted by atomic mass is 10.4. The number of nitrogens with zero attached hydrogens (tertiary/aromatic N) is 2. The maximum Gasteiger partial charge on any atom is 0.283 e. The predicted molar refractivity (Wildman–Crippen MR) is 65.6 cm³/mol. The summed E-state index contributed by atoms with van der Waals surface area (Å²) >= 11 is 3.13. The van der Waals surface area contributed by atoms with E-state index < -0.39 is 5.91 Å². The van der Waals surface area contributed by atoms with E-state index in [0.29, 0.717) is 16.7 Å². The van der Waals surface area contributed by atoms with Crippen molar-refractivity contribution in [2.24, 2.45) is 5.73 Å². The van der Waals surface area contributed by atoms with E-state index in [1.807, 2.05) is 0 Å². The monoisotopic (exact) mass is 304 g/mol. The van der Waals surface area contributed by atoms with E-state index in [-0.39, 0.29) is 25.1 Å². The fraction of sp³-hybridized carbons (Fsp3) is 0.444. The number of aliphatic hydroxyl groups excluding tert-OH is 1. The number of amides is 1. The van der Waals surface area contributed by atoms with Crippen LogP contribution in [0, 0.1) is 0 Å². The van der Waals surface area contributed by atoms with Crippen LogP contribution in [-0.4, -0.2) is 33.9 Å². The number of anilines is 1. The summed E-state index contributed by atoms with van der Waals surface area (Å²) in [5, 5.41) is 15.5. The number of nitrogens with one attached hydrogen (secondary N) is 1. The molecule has 0 unspecified atom stereocenters. The van der Waals surface area contributed by atoms with Crippen LogP contribution in [0.1, 0.15) is 6.42 Å². The zero-order chi connectivity index (χ0) is 12.8. The van der Waals surface area contributed by atoms with Crippen molar-refractivity contribution in [1.82, 2.24) is 9.78 Å². The molecule has 1 amide bonds. The van der Waals surface area contributed by atoms with Gasteiger partial charge in [-0.1, -0.05) is 0 Å². The third kappa shape index (κ3) is 3.82. The first-order valence-corrected chi connectivity index (χ1v) is 5.74. The molecule has 17 heavy (non-hydrogen) atoms. The molecule has 8 heteroatoms. The predicted octanol–water partition coefficient (Wildman–Crippen LogP) is -0.715. The minimum absolute atomic E-state index is 0.138. The average molecular weight is 305 g/mol. The summed E-state index contributed by atoms with van der Waals surface area (Å²) in [6.07, 6.45) is 1.62. The molecule has 1 heterocycles. The van der Waals surface area contributed by atoms with Crippen molar-refractivity contribution in [2.45, 2.75) is 13.0 Å². The van der Waals surface area contributed by atoms with Crippen LogP contribution in [0.15, 0.2) is 15.5 Å². The van der Waals surface area contributed by atoms with Crippen molar-refractivity contribution in [3.63, 3.8) is 0 Å². The lowest BCUT2D eigenvalue weighted by Crippen LogP contribution is -2.26. The number of aliphatic hydroxyl groups is 1. The molecule has 0 radical (unpaired) electrons. The van der Waals surface area contributed by atoms with Gasteiger partial charge in [-0.05, 0) is 15.9 Å². The lowest BCUT2D eigenvalue weighted by Gasteiger charge is -2.08. The lowest BCUT2D eigenvalue weighted by molar-refractivity contribution is -0.117. The summed E-state index contributed by atoms with van der Waals surface area (Å²) in [6, 6.07) is 0. The first kappa shape index (κ1) is 13.7. The summed E-state index contributed by atoms with van der Waals surface area (Å²) in [4.78, 5) is 22.2. The third-order valence-electron chi connectivity index (χ3n) is 1.98. The molecule has 7 nitrogen and oxygen atoms in total. The van der Waals surface area contributed by atoms with Crippen molar-refractivity contribution in [2.75, 3.05) is 18.5 Å². The number of carbonyl (C=O) groups excluding carboxylic acids is 1. The molecule has 0 aliphatic rings. The van der Waals surface area contributed by atoms with E-state index >= 15 is 0 Å². The second-order valence-corrected chi connectivity index (χ2v) is 4.06. The minimum Gasteiger partial charge on any atom is -0.394 e. The number of nitrogens with two attached hydrogens (primary N) is 1. The first-order chi connectivity index (χ1) is 8.06. The SMILES string of the molecule is NC(=O)CCNc1cnn(CCO)c(=O)c1Br. The van der Waals surface area contributed by atoms with Crippen LogP contribution in [0.5, 0.6) is 0 Å². The Morgan fingerprint density at radius 3 is 2.94 bits per heavy atom. The highest BCUT2D eigenvalue weighted by atomic mass is 79.9. The summed E-state index contributed by atoms with van der Waals surface area (Å²) < 4.78 is 1.45. The largest absolute Gasteiger partial charge is 0.394 e. The molecule has 0 aliphatic carbocycles. The van der Waals surface area contributed by atoms with Crippen LogP contribution in [0.3, 0.4) is 0 Å². The molecule has 94 valence electrons. The number of hydrogen-bond donors (Lipinski definition) is 3. The van der Waals surface area contributed by atoms with E-state index in [9.17, 15) is 9.59 Å². The van der Waals surface area contributed by atoms with Crippen molar-refractivity contribution in [3.05, 3.63) is 21.0 Å². The quantitative estimate of drug-likeness (QED) is 0.643. The van der Waals surface area contributed by atoms with Gasteiger partial charge in [0.2, 0.25) is 5.91 Å². The number of carbonyl (C=O) groups is 1. The number of primary amides is 1. The molecule has 0 spiro atoms. The molecule has 0 atom stereocenters. The molecule has 4 N–H and O–H groups in total. The fourth-order valence-corrected chi connectivity index (χ4v) is 1.61. The van der Waals surface area contributed by atoms with Gasteiger partial charge in [0.05, 0.1) is 25.0 Å². The van der Waals surface area contributed by atoms with E-state index in [4.69, 9.17) is 10.8 Å². The van der Waals surface area contributed by atoms with E-state index in [1.165, 1.54) is 6.20 Å². The topological polar surface area (TPSA) is 110 Å². The summed E-state index contributed by atoms with van der Waals surface area (Å²) in [7, 11) is 0. The minimum atomic E-state index is -0.421. The number of rotatable bonds is 6. The highest BCUT2D eigenvalue weighted by Crippen LogP contribution is 2.15. The van der Waals surface area contributed by atoms with Gasteiger partial charge in [-0.15, -0.1) is 0 Å². The van der Waals surface area contributed by atoms with Crippen LogP contribution < -0.4 is 16.6 Å². The van der Waals surface area contributed by atoms with Crippen LogP contribution in [0.25, 0.3) is 0 Å². The molecule has 1 aromatic rings. The van der Waals surface area contributed by atoms with Gasteiger partial charge >= 0.3 is 0 Å². The summed E-state index contributed by atoms with van der Waals surface area (Å²) in [6.45, 7) is 0.311. The van der Waals surface area contributed by atoms with Gasteiger partial charge in [-0.2, -0.15) is 5.10 Å². The smallest absolute Gasteiger partial charge is 0.283 e. The van der Waals surface area contributed by atoms with Crippen molar-refractivity contribution < 1.29 is 9.90 Å². The molecular weight excluding hydrogens is 292 g/mol. The maximum atomic E-state index is 11.7. The third-order valence-corrected chi connectivity index (χ3v) is 2.75. The summed E-state index contributed by atoms with van der Waals surface area (Å²) in [5.41, 5.74) is 5.14. The highest BCUT2D eigenvalue weighted by Gasteiger charge is 2.08. The molecular formula is C9H13BrN4O3. The van der Waals surface area contributed by atoms with E-state index in [1.54, 1.807) is 0 Å². The van der Waals surface area contributed by atoms with Gasteiger partial charge in [-0.3, -0.25) is 9.59 Å². The Morgan fingerprint density at radius 1 is 1.65 bits per heavy atom. The zero-order valence-corrected chi connectivity index (χ0v) is 10.6. The first-order valence-electron chi connectivity index (χ1n) is 4.95. The van der Waals surface area contributed by atoms with Crippen molar-refractivity contribution >= 4 is 27.5 Å². The van der Waals surface area contributed by atoms with Crippen LogP contribution in [-0.2, 0) is 11.3 Å². The second-order valence-electron chi connectivity index (χ2n) is 3.27. The van der Waals surface area contributed by atoms with Gasteiger partial charge in [-0.25, -0.2) is 4.68 Å². The van der Waals surface area contributed by atoms with Gasteiger partial charge in [0.1, 0.15) is 4.47 Å². The molecule has 0 saturated heterocycles. The molecule has 1 aromatic heterocycles. The van der Waals surface area contributed by atoms with E-state index in [2.05, 4.69) is 26.3 Å². The highest BCUT2D eigenvalue weighted by molar-refractivity contribution is 9.10. The van der Waals surface area contributed by atoms with Gasteiger partial charge in [0, 0.05) is 13.0 Å². The Labute approximate surface area is 106 Å². The molecule has 0 saturated carbocycles. The maximum absolute atomic E-state index is 11.7. The van der Waals surface area contributed by atoms with Crippen molar-refractivity contribution in [1.29, 1.82) is 0 Å². The number of hydrogen-bond acceptors (Lipinski definition) is 5. The standard InChI is InChI=1S/C9H13BrN4O3/c10-8-6(12-2-1-7(11)16)5-13-14(3-4-15)9(8)17/h5,12,15H,1-4H2,(H2,11,16). The van der Waals surface area contributed by atoms with Crippen molar-refractivity contribution in [3.8, 4) is 0 Å². The normalized spacial score (nSPS) is 10.2. The second kappa shape index (κ2) is 6.36. The Hall–Kier alpha value is -1.41. The number of halogens is 1. The average Bonchev–Trinajstić information content (AvgIpc) is 2.28. The molecule has 0 fully saturated rings. The van der Waals surface area contributed by atoms with E-state index in [0.717, 1.165) is 4.68 Å². The molecule has 1 rings (SSSR count). The Bertz CT molecular complexity index is 460. The Balaban J connectivity index is 2.78. The van der Waals surface area contributed by atoms with Gasteiger partial charge in [0.25, 0.3) is 5.56 Å².